The normalized spacial score (nSPS) is 11.4. The largest absolute Gasteiger partial charge is 0.364 e. The summed E-state index contributed by atoms with van der Waals surface area (Å²) in [6, 6.07) is 10.1. The first-order valence-electron chi connectivity index (χ1n) is 7.40. The smallest absolute Gasteiger partial charge is 0.265 e. The van der Waals surface area contributed by atoms with Gasteiger partial charge in [0.05, 0.1) is 6.54 Å². The maximum absolute atomic E-state index is 12.5. The molecule has 3 rings (SSSR count). The van der Waals surface area contributed by atoms with Crippen molar-refractivity contribution in [3.63, 3.8) is 0 Å². The number of aromatic nitrogens is 3. The number of hydrogen-bond acceptors (Lipinski definition) is 4. The van der Waals surface area contributed by atoms with E-state index < -0.39 is 15.9 Å². The zero-order valence-electron chi connectivity index (χ0n) is 13.5. The molecule has 0 aliphatic heterocycles. The van der Waals surface area contributed by atoms with Crippen LogP contribution in [-0.4, -0.2) is 28.7 Å². The number of anilines is 1. The Morgan fingerprint density at radius 1 is 1.28 bits per heavy atom. The molecule has 0 fully saturated rings. The summed E-state index contributed by atoms with van der Waals surface area (Å²) >= 11 is 0. The third kappa shape index (κ3) is 3.72. The summed E-state index contributed by atoms with van der Waals surface area (Å²) in [5.41, 5.74) is 6.67. The van der Waals surface area contributed by atoms with Gasteiger partial charge in [0.2, 0.25) is 0 Å². The van der Waals surface area contributed by atoms with Crippen LogP contribution in [-0.2, 0) is 23.6 Å². The van der Waals surface area contributed by atoms with Crippen molar-refractivity contribution in [3.8, 4) is 0 Å². The van der Waals surface area contributed by atoms with Crippen molar-refractivity contribution < 1.29 is 13.2 Å². The fraction of sp³-hybridized carbons (Fsp3) is 0.125. The number of nitrogens with zero attached hydrogens (tertiary/aromatic N) is 3. The molecular formula is C16H17N5O3S. The molecule has 3 N–H and O–H groups in total. The van der Waals surface area contributed by atoms with Gasteiger partial charge < -0.3 is 10.3 Å². The van der Waals surface area contributed by atoms with Gasteiger partial charge in [0.1, 0.15) is 10.6 Å². The van der Waals surface area contributed by atoms with Crippen molar-refractivity contribution in [2.45, 2.75) is 11.4 Å². The molecular weight excluding hydrogens is 342 g/mol. The summed E-state index contributed by atoms with van der Waals surface area (Å²) in [6.45, 7) is 0.528. The Balaban J connectivity index is 1.83. The molecule has 8 nitrogen and oxygen atoms in total. The number of hydrogen-bond donors (Lipinski definition) is 2. The van der Waals surface area contributed by atoms with Crippen molar-refractivity contribution in [1.29, 1.82) is 0 Å². The molecule has 2 aromatic heterocycles. The number of amides is 1. The van der Waals surface area contributed by atoms with Crippen LogP contribution >= 0.6 is 0 Å². The number of primary amides is 1. The van der Waals surface area contributed by atoms with Crippen LogP contribution in [0, 0.1) is 0 Å². The van der Waals surface area contributed by atoms with Crippen LogP contribution in [0.5, 0.6) is 0 Å². The van der Waals surface area contributed by atoms with Gasteiger partial charge in [0, 0.05) is 31.3 Å². The highest BCUT2D eigenvalue weighted by molar-refractivity contribution is 7.92. The number of aryl methyl sites for hydroxylation is 1. The number of nitrogens with two attached hydrogens (primary N) is 1. The maximum Gasteiger partial charge on any atom is 0.265 e. The highest BCUT2D eigenvalue weighted by Gasteiger charge is 2.19. The molecule has 0 aliphatic rings. The quantitative estimate of drug-likeness (QED) is 0.688. The molecule has 0 saturated carbocycles. The minimum Gasteiger partial charge on any atom is -0.364 e. The maximum atomic E-state index is 12.5. The first-order valence-corrected chi connectivity index (χ1v) is 8.89. The molecule has 0 aliphatic carbocycles. The lowest BCUT2D eigenvalue weighted by Crippen LogP contribution is -2.14. The number of sulfonamides is 1. The fourth-order valence-electron chi connectivity index (χ4n) is 2.45. The summed E-state index contributed by atoms with van der Waals surface area (Å²) in [4.78, 5) is 11.3. The summed E-state index contributed by atoms with van der Waals surface area (Å²) in [6.07, 6.45) is 4.85. The molecule has 0 atom stereocenters. The van der Waals surface area contributed by atoms with E-state index in [2.05, 4.69) is 9.82 Å². The lowest BCUT2D eigenvalue weighted by atomic mass is 10.2. The Morgan fingerprint density at radius 3 is 2.72 bits per heavy atom. The van der Waals surface area contributed by atoms with Gasteiger partial charge in [-0.05, 0) is 29.8 Å². The summed E-state index contributed by atoms with van der Waals surface area (Å²) in [5, 5.41) is 4.12. The van der Waals surface area contributed by atoms with E-state index in [1.54, 1.807) is 36.1 Å². The molecule has 3 aromatic rings. The van der Waals surface area contributed by atoms with Gasteiger partial charge in [-0.1, -0.05) is 12.1 Å². The second-order valence-corrected chi connectivity index (χ2v) is 7.23. The van der Waals surface area contributed by atoms with E-state index in [0.717, 1.165) is 5.56 Å². The van der Waals surface area contributed by atoms with E-state index in [-0.39, 0.29) is 10.6 Å². The van der Waals surface area contributed by atoms with Crippen molar-refractivity contribution in [2.75, 3.05) is 4.72 Å². The Morgan fingerprint density at radius 2 is 2.08 bits per heavy atom. The van der Waals surface area contributed by atoms with Crippen molar-refractivity contribution in [3.05, 3.63) is 66.2 Å². The van der Waals surface area contributed by atoms with E-state index >= 15 is 0 Å². The number of rotatable bonds is 6. The number of carbonyl (C=O) groups excluding carboxylic acids is 1. The third-order valence-electron chi connectivity index (χ3n) is 3.63. The predicted molar refractivity (Wildman–Crippen MR) is 92.5 cm³/mol. The molecule has 0 spiro atoms. The van der Waals surface area contributed by atoms with Crippen LogP contribution in [0.25, 0.3) is 0 Å². The minimum absolute atomic E-state index is 0.0266. The summed E-state index contributed by atoms with van der Waals surface area (Å²) < 4.78 is 30.7. The van der Waals surface area contributed by atoms with E-state index in [0.29, 0.717) is 12.2 Å². The number of nitrogens with one attached hydrogen (secondary N) is 1. The predicted octanol–water partition coefficient (Wildman–Crippen LogP) is 1.17. The second-order valence-electron chi connectivity index (χ2n) is 5.55. The van der Waals surface area contributed by atoms with E-state index in [4.69, 9.17) is 5.73 Å². The molecule has 0 bridgehead atoms. The fourth-order valence-corrected chi connectivity index (χ4v) is 3.57. The minimum atomic E-state index is -3.83. The first kappa shape index (κ1) is 16.8. The average molecular weight is 359 g/mol. The topological polar surface area (TPSA) is 112 Å². The highest BCUT2D eigenvalue weighted by Crippen LogP contribution is 2.19. The van der Waals surface area contributed by atoms with Gasteiger partial charge in [-0.2, -0.15) is 5.10 Å². The molecule has 130 valence electrons. The standard InChI is InChI=1S/C16H17N5O3S/c1-20-11-14(9-15(20)16(17)22)25(23,24)19-13-5-2-4-12(8-13)10-21-7-3-6-18-21/h2-9,11,19H,10H2,1H3,(H2,17,22). The van der Waals surface area contributed by atoms with Gasteiger partial charge in [-0.15, -0.1) is 0 Å². The lowest BCUT2D eigenvalue weighted by Gasteiger charge is -2.08. The monoisotopic (exact) mass is 359 g/mol. The SMILES string of the molecule is Cn1cc(S(=O)(=O)Nc2cccc(Cn3cccn3)c2)cc1C(N)=O. The van der Waals surface area contributed by atoms with Crippen molar-refractivity contribution in [1.82, 2.24) is 14.3 Å². The van der Waals surface area contributed by atoms with Gasteiger partial charge in [-0.25, -0.2) is 8.42 Å². The molecule has 25 heavy (non-hydrogen) atoms. The number of carbonyl (C=O) groups is 1. The van der Waals surface area contributed by atoms with Crippen molar-refractivity contribution >= 4 is 21.6 Å². The zero-order chi connectivity index (χ0) is 18.0. The molecule has 1 amide bonds. The van der Waals surface area contributed by atoms with Crippen LogP contribution in [0.1, 0.15) is 16.1 Å². The van der Waals surface area contributed by atoms with Crippen LogP contribution in [0.2, 0.25) is 0 Å². The van der Waals surface area contributed by atoms with Crippen LogP contribution in [0.3, 0.4) is 0 Å². The van der Waals surface area contributed by atoms with Crippen molar-refractivity contribution in [2.24, 2.45) is 12.8 Å². The first-order chi connectivity index (χ1) is 11.8. The molecule has 2 heterocycles. The highest BCUT2D eigenvalue weighted by atomic mass is 32.2. The Hall–Kier alpha value is -3.07. The molecule has 0 saturated heterocycles. The van der Waals surface area contributed by atoms with Crippen LogP contribution in [0.4, 0.5) is 5.69 Å². The van der Waals surface area contributed by atoms with Crippen LogP contribution < -0.4 is 10.5 Å². The van der Waals surface area contributed by atoms with E-state index in [1.165, 1.54) is 16.8 Å². The molecule has 9 heteroatoms. The van der Waals surface area contributed by atoms with Crippen LogP contribution in [0.15, 0.2) is 59.9 Å². The Bertz CT molecular complexity index is 1010. The van der Waals surface area contributed by atoms with E-state index in [9.17, 15) is 13.2 Å². The average Bonchev–Trinajstić information content (AvgIpc) is 3.17. The second kappa shape index (κ2) is 6.44. The number of benzene rings is 1. The zero-order valence-corrected chi connectivity index (χ0v) is 14.3. The Labute approximate surface area is 144 Å². The molecule has 0 radical (unpaired) electrons. The summed E-state index contributed by atoms with van der Waals surface area (Å²) in [5.74, 6) is -0.690. The molecule has 1 aromatic carbocycles. The van der Waals surface area contributed by atoms with E-state index in [1.807, 2.05) is 18.3 Å². The lowest BCUT2D eigenvalue weighted by molar-refractivity contribution is 0.0992. The van der Waals surface area contributed by atoms with Gasteiger partial charge >= 0.3 is 0 Å². The van der Waals surface area contributed by atoms with Gasteiger partial charge in [0.15, 0.2) is 0 Å². The third-order valence-corrected chi connectivity index (χ3v) is 4.97. The molecule has 0 unspecified atom stereocenters. The Kier molecular flexibility index (Phi) is 4.32. The summed E-state index contributed by atoms with van der Waals surface area (Å²) in [7, 11) is -2.27. The van der Waals surface area contributed by atoms with Gasteiger partial charge in [0.25, 0.3) is 15.9 Å². The van der Waals surface area contributed by atoms with Gasteiger partial charge in [-0.3, -0.25) is 14.2 Å².